The second kappa shape index (κ2) is 7.32. The van der Waals surface area contributed by atoms with Crippen LogP contribution >= 0.6 is 0 Å². The minimum atomic E-state index is 0.0170. The lowest BCUT2D eigenvalue weighted by atomic mass is 9.93. The number of hydrogen-bond donors (Lipinski definition) is 0. The molecule has 1 aromatic heterocycles. The molecule has 1 amide bonds. The predicted molar refractivity (Wildman–Crippen MR) is 89.2 cm³/mol. The molecule has 0 spiro atoms. The Morgan fingerprint density at radius 1 is 1.41 bits per heavy atom. The van der Waals surface area contributed by atoms with Gasteiger partial charge in [-0.2, -0.15) is 0 Å². The number of methoxy groups -OCH3 is 1. The van der Waals surface area contributed by atoms with Gasteiger partial charge in [-0.15, -0.1) is 0 Å². The quantitative estimate of drug-likeness (QED) is 0.780. The minimum absolute atomic E-state index is 0.0170. The summed E-state index contributed by atoms with van der Waals surface area (Å²) in [5.74, 6) is 0.803. The summed E-state index contributed by atoms with van der Waals surface area (Å²) in [6.45, 7) is 9.04. The van der Waals surface area contributed by atoms with Gasteiger partial charge in [-0.1, -0.05) is 0 Å². The Morgan fingerprint density at radius 2 is 2.18 bits per heavy atom. The molecule has 1 saturated heterocycles. The van der Waals surface area contributed by atoms with Gasteiger partial charge in [0.05, 0.1) is 5.56 Å². The summed E-state index contributed by atoms with van der Waals surface area (Å²) in [5.41, 5.74) is 0.829. The summed E-state index contributed by atoms with van der Waals surface area (Å²) in [7, 11) is 1.75. The van der Waals surface area contributed by atoms with Crippen LogP contribution in [0.3, 0.4) is 0 Å². The van der Waals surface area contributed by atoms with Gasteiger partial charge < -0.3 is 14.2 Å². The highest BCUT2D eigenvalue weighted by atomic mass is 16.5. The molecule has 4 nitrogen and oxygen atoms in total. The van der Waals surface area contributed by atoms with Crippen LogP contribution in [0.4, 0.5) is 0 Å². The number of aromatic nitrogens is 1. The highest BCUT2D eigenvalue weighted by Crippen LogP contribution is 2.23. The van der Waals surface area contributed by atoms with Crippen LogP contribution in [0.5, 0.6) is 0 Å². The molecule has 1 aromatic rings. The summed E-state index contributed by atoms with van der Waals surface area (Å²) < 4.78 is 7.24. The second-order valence-electron chi connectivity index (χ2n) is 7.37. The molecule has 4 heteroatoms. The molecule has 0 aromatic carbocycles. The summed E-state index contributed by atoms with van der Waals surface area (Å²) in [6, 6.07) is 1.95. The van der Waals surface area contributed by atoms with Crippen LogP contribution in [0.1, 0.15) is 56.8 Å². The van der Waals surface area contributed by atoms with Gasteiger partial charge >= 0.3 is 0 Å². The largest absolute Gasteiger partial charge is 0.385 e. The van der Waals surface area contributed by atoms with Gasteiger partial charge in [0.15, 0.2) is 0 Å². The van der Waals surface area contributed by atoms with Gasteiger partial charge in [-0.05, 0) is 58.4 Å². The number of likely N-dealkylation sites (tertiary alicyclic amines) is 1. The van der Waals surface area contributed by atoms with Crippen molar-refractivity contribution >= 4 is 5.91 Å². The van der Waals surface area contributed by atoms with E-state index in [0.717, 1.165) is 44.5 Å². The van der Waals surface area contributed by atoms with Crippen LogP contribution in [0.25, 0.3) is 0 Å². The number of rotatable bonds is 5. The molecule has 1 atom stereocenters. The summed E-state index contributed by atoms with van der Waals surface area (Å²) in [6.07, 6.45) is 8.58. The molecular weight excluding hydrogens is 276 g/mol. The van der Waals surface area contributed by atoms with Gasteiger partial charge in [0.2, 0.25) is 0 Å². The Hall–Kier alpha value is -1.29. The minimum Gasteiger partial charge on any atom is -0.385 e. The monoisotopic (exact) mass is 306 g/mol. The molecule has 2 heterocycles. The molecule has 0 saturated carbocycles. The Bertz CT molecular complexity index is 488. The van der Waals surface area contributed by atoms with E-state index in [1.54, 1.807) is 7.11 Å². The van der Waals surface area contributed by atoms with Gasteiger partial charge in [-0.3, -0.25) is 4.79 Å². The first-order valence-electron chi connectivity index (χ1n) is 8.38. The molecule has 1 aliphatic heterocycles. The fourth-order valence-electron chi connectivity index (χ4n) is 3.12. The highest BCUT2D eigenvalue weighted by molar-refractivity contribution is 5.94. The fourth-order valence-corrected chi connectivity index (χ4v) is 3.12. The fraction of sp³-hybridized carbons (Fsp3) is 0.722. The highest BCUT2D eigenvalue weighted by Gasteiger charge is 2.25. The number of carbonyl (C=O) groups is 1. The lowest BCUT2D eigenvalue weighted by Gasteiger charge is -2.32. The van der Waals surface area contributed by atoms with Crippen molar-refractivity contribution in [3.63, 3.8) is 0 Å². The van der Waals surface area contributed by atoms with Gasteiger partial charge in [0.25, 0.3) is 5.91 Å². The Balaban J connectivity index is 1.95. The summed E-state index contributed by atoms with van der Waals surface area (Å²) in [4.78, 5) is 14.7. The van der Waals surface area contributed by atoms with E-state index in [1.807, 2.05) is 23.4 Å². The second-order valence-corrected chi connectivity index (χ2v) is 7.37. The lowest BCUT2D eigenvalue weighted by molar-refractivity contribution is 0.0660. The molecule has 0 bridgehead atoms. The van der Waals surface area contributed by atoms with E-state index in [-0.39, 0.29) is 11.4 Å². The van der Waals surface area contributed by atoms with Crippen LogP contribution in [-0.4, -0.2) is 42.2 Å². The van der Waals surface area contributed by atoms with Gasteiger partial charge in [0.1, 0.15) is 0 Å². The van der Waals surface area contributed by atoms with E-state index in [1.165, 1.54) is 6.42 Å². The van der Waals surface area contributed by atoms with E-state index in [0.29, 0.717) is 5.92 Å². The van der Waals surface area contributed by atoms with Crippen LogP contribution in [0.15, 0.2) is 18.5 Å². The summed E-state index contributed by atoms with van der Waals surface area (Å²) >= 11 is 0. The molecule has 0 aliphatic carbocycles. The van der Waals surface area contributed by atoms with Crippen LogP contribution < -0.4 is 0 Å². The third-order valence-electron chi connectivity index (χ3n) is 4.48. The molecule has 124 valence electrons. The van der Waals surface area contributed by atoms with E-state index in [4.69, 9.17) is 4.74 Å². The maximum absolute atomic E-state index is 12.7. The standard InChI is InChI=1S/C18H30N2O2/c1-18(2,3)20-11-9-16(14-20)17(21)19-10-5-7-15(13-19)8-6-12-22-4/h9,11,14-15H,5-8,10,12-13H2,1-4H3/t15-/m0/s1. The SMILES string of the molecule is COCCC[C@@H]1CCCN(C(=O)c2ccn(C(C)(C)C)c2)C1. The van der Waals surface area contributed by atoms with E-state index >= 15 is 0 Å². The van der Waals surface area contributed by atoms with Crippen molar-refractivity contribution in [1.82, 2.24) is 9.47 Å². The molecule has 1 fully saturated rings. The van der Waals surface area contributed by atoms with E-state index in [2.05, 4.69) is 25.3 Å². The third-order valence-corrected chi connectivity index (χ3v) is 4.48. The van der Waals surface area contributed by atoms with Gasteiger partial charge in [-0.25, -0.2) is 0 Å². The van der Waals surface area contributed by atoms with Crippen molar-refractivity contribution in [2.24, 2.45) is 5.92 Å². The molecule has 0 unspecified atom stereocenters. The lowest BCUT2D eigenvalue weighted by Crippen LogP contribution is -2.39. The smallest absolute Gasteiger partial charge is 0.255 e. The van der Waals surface area contributed by atoms with Crippen molar-refractivity contribution in [3.8, 4) is 0 Å². The Kier molecular flexibility index (Phi) is 5.68. The van der Waals surface area contributed by atoms with Crippen LogP contribution in [0, 0.1) is 5.92 Å². The molecular formula is C18H30N2O2. The maximum Gasteiger partial charge on any atom is 0.255 e. The summed E-state index contributed by atoms with van der Waals surface area (Å²) in [5, 5.41) is 0. The predicted octanol–water partition coefficient (Wildman–Crippen LogP) is 3.52. The van der Waals surface area contributed by atoms with E-state index in [9.17, 15) is 4.79 Å². The molecule has 2 rings (SSSR count). The zero-order valence-corrected chi connectivity index (χ0v) is 14.5. The first kappa shape index (κ1) is 17.1. The molecule has 22 heavy (non-hydrogen) atoms. The molecule has 0 N–H and O–H groups in total. The van der Waals surface area contributed by atoms with Crippen LogP contribution in [0.2, 0.25) is 0 Å². The van der Waals surface area contributed by atoms with Crippen LogP contribution in [-0.2, 0) is 10.3 Å². The van der Waals surface area contributed by atoms with Crippen molar-refractivity contribution in [1.29, 1.82) is 0 Å². The average molecular weight is 306 g/mol. The molecule has 0 radical (unpaired) electrons. The van der Waals surface area contributed by atoms with Crippen molar-refractivity contribution < 1.29 is 9.53 Å². The zero-order chi connectivity index (χ0) is 16.2. The van der Waals surface area contributed by atoms with Gasteiger partial charge in [0, 0.05) is 44.7 Å². The molecule has 1 aliphatic rings. The van der Waals surface area contributed by atoms with E-state index < -0.39 is 0 Å². The number of amides is 1. The number of piperidine rings is 1. The van der Waals surface area contributed by atoms with Crippen molar-refractivity contribution in [3.05, 3.63) is 24.0 Å². The first-order valence-corrected chi connectivity index (χ1v) is 8.38. The maximum atomic E-state index is 12.7. The number of ether oxygens (including phenoxy) is 1. The number of nitrogens with zero attached hydrogens (tertiary/aromatic N) is 2. The normalized spacial score (nSPS) is 19.5. The Morgan fingerprint density at radius 3 is 2.82 bits per heavy atom. The Labute approximate surface area is 134 Å². The topological polar surface area (TPSA) is 34.5 Å². The van der Waals surface area contributed by atoms with Crippen molar-refractivity contribution in [2.45, 2.75) is 52.0 Å². The first-order chi connectivity index (χ1) is 10.4. The number of carbonyl (C=O) groups excluding carboxylic acids is 1. The van der Waals surface area contributed by atoms with Crippen molar-refractivity contribution in [2.75, 3.05) is 26.8 Å². The average Bonchev–Trinajstić information content (AvgIpc) is 2.97. The zero-order valence-electron chi connectivity index (χ0n) is 14.5. The third kappa shape index (κ3) is 4.35. The number of hydrogen-bond acceptors (Lipinski definition) is 2.